The Balaban J connectivity index is 0.00000192. The Morgan fingerprint density at radius 2 is 2.04 bits per heavy atom. The van der Waals surface area contributed by atoms with Crippen molar-refractivity contribution in [3.05, 3.63) is 47.3 Å². The van der Waals surface area contributed by atoms with Gasteiger partial charge in [-0.15, -0.1) is 12.4 Å². The zero-order valence-electron chi connectivity index (χ0n) is 13.2. The molecule has 0 spiro atoms. The van der Waals surface area contributed by atoms with Crippen molar-refractivity contribution in [1.82, 2.24) is 4.90 Å². The van der Waals surface area contributed by atoms with Crippen LogP contribution >= 0.6 is 25.0 Å². The van der Waals surface area contributed by atoms with E-state index in [1.54, 1.807) is 12.1 Å². The van der Waals surface area contributed by atoms with Gasteiger partial charge in [0.15, 0.2) is 5.78 Å². The van der Waals surface area contributed by atoms with Gasteiger partial charge in [-0.3, -0.25) is 9.69 Å². The van der Waals surface area contributed by atoms with Gasteiger partial charge < -0.3 is 0 Å². The van der Waals surface area contributed by atoms with Crippen LogP contribution in [0, 0.1) is 11.7 Å². The van der Waals surface area contributed by atoms with Crippen LogP contribution in [0.3, 0.4) is 0 Å². The standard InChI is InChI=1S/C18H22FNOS.ClH/c1-2-12-11-20(10-9-16(12)22)17(18(21)13-7-8-13)14-5-3-4-6-15(14)19;/h2-6,13,16-17,22H,7-11H2,1H3;1H. The molecule has 126 valence electrons. The van der Waals surface area contributed by atoms with Gasteiger partial charge >= 0.3 is 0 Å². The molecular weight excluding hydrogens is 333 g/mol. The number of nitrogens with zero attached hydrogens (tertiary/aromatic N) is 1. The SMILES string of the molecule is CC=C1CN(C(C(=O)C2CC2)c2ccccc2F)CCC1S.Cl. The lowest BCUT2D eigenvalue weighted by molar-refractivity contribution is -0.126. The van der Waals surface area contributed by atoms with Crippen LogP contribution in [0.5, 0.6) is 0 Å². The predicted molar refractivity (Wildman–Crippen MR) is 96.8 cm³/mol. The Labute approximate surface area is 149 Å². The monoisotopic (exact) mass is 355 g/mol. The highest BCUT2D eigenvalue weighted by molar-refractivity contribution is 7.81. The van der Waals surface area contributed by atoms with Crippen molar-refractivity contribution >= 4 is 30.8 Å². The summed E-state index contributed by atoms with van der Waals surface area (Å²) in [5.74, 6) is 0.0158. The largest absolute Gasteiger partial charge is 0.297 e. The second kappa shape index (κ2) is 7.82. The van der Waals surface area contributed by atoms with Gasteiger partial charge in [-0.25, -0.2) is 4.39 Å². The maximum atomic E-state index is 14.3. The van der Waals surface area contributed by atoms with E-state index >= 15 is 0 Å². The third kappa shape index (κ3) is 3.98. The van der Waals surface area contributed by atoms with Crippen LogP contribution in [0.25, 0.3) is 0 Å². The lowest BCUT2D eigenvalue weighted by atomic mass is 9.93. The number of halogens is 2. The molecule has 5 heteroatoms. The van der Waals surface area contributed by atoms with Crippen molar-refractivity contribution in [2.45, 2.75) is 37.5 Å². The van der Waals surface area contributed by atoms with Gasteiger partial charge in [0.2, 0.25) is 0 Å². The fourth-order valence-electron chi connectivity index (χ4n) is 3.21. The Morgan fingerprint density at radius 3 is 2.65 bits per heavy atom. The number of thiol groups is 1. The van der Waals surface area contributed by atoms with E-state index in [1.807, 2.05) is 13.0 Å². The van der Waals surface area contributed by atoms with E-state index < -0.39 is 6.04 Å². The van der Waals surface area contributed by atoms with Crippen molar-refractivity contribution < 1.29 is 9.18 Å². The van der Waals surface area contributed by atoms with Crippen molar-refractivity contribution in [1.29, 1.82) is 0 Å². The Bertz CT molecular complexity index is 602. The molecule has 2 atom stereocenters. The first-order chi connectivity index (χ1) is 10.6. The van der Waals surface area contributed by atoms with Gasteiger partial charge in [0.1, 0.15) is 5.82 Å². The molecule has 1 aromatic rings. The molecule has 1 heterocycles. The van der Waals surface area contributed by atoms with Crippen molar-refractivity contribution in [2.24, 2.45) is 5.92 Å². The van der Waals surface area contributed by atoms with E-state index in [4.69, 9.17) is 0 Å². The summed E-state index contributed by atoms with van der Waals surface area (Å²) in [5.41, 5.74) is 1.74. The number of hydrogen-bond acceptors (Lipinski definition) is 3. The molecule has 0 radical (unpaired) electrons. The molecule has 1 aliphatic heterocycles. The molecule has 0 bridgehead atoms. The number of carbonyl (C=O) groups is 1. The molecule has 0 amide bonds. The van der Waals surface area contributed by atoms with Gasteiger partial charge in [-0.05, 0) is 37.8 Å². The fraction of sp³-hybridized carbons (Fsp3) is 0.500. The van der Waals surface area contributed by atoms with Gasteiger partial charge in [0, 0.05) is 29.8 Å². The number of ketones is 1. The zero-order valence-corrected chi connectivity index (χ0v) is 15.0. The second-order valence-corrected chi connectivity index (χ2v) is 6.86. The van der Waals surface area contributed by atoms with Gasteiger partial charge in [-0.1, -0.05) is 24.3 Å². The summed E-state index contributed by atoms with van der Waals surface area (Å²) in [6.45, 7) is 3.48. The van der Waals surface area contributed by atoms with Crippen LogP contribution < -0.4 is 0 Å². The normalized spacial score (nSPS) is 25.0. The van der Waals surface area contributed by atoms with E-state index in [2.05, 4.69) is 23.6 Å². The maximum absolute atomic E-state index is 14.3. The quantitative estimate of drug-likeness (QED) is 0.644. The molecule has 23 heavy (non-hydrogen) atoms. The molecule has 0 N–H and O–H groups in total. The number of piperidine rings is 1. The minimum Gasteiger partial charge on any atom is -0.297 e. The van der Waals surface area contributed by atoms with Crippen molar-refractivity contribution in [3.8, 4) is 0 Å². The number of hydrogen-bond donors (Lipinski definition) is 1. The summed E-state index contributed by atoms with van der Waals surface area (Å²) in [5, 5.41) is 0.249. The average molecular weight is 356 g/mol. The summed E-state index contributed by atoms with van der Waals surface area (Å²) in [6.07, 6.45) is 4.86. The van der Waals surface area contributed by atoms with Crippen molar-refractivity contribution in [3.63, 3.8) is 0 Å². The molecule has 1 aliphatic carbocycles. The van der Waals surface area contributed by atoms with Crippen LogP contribution in [0.2, 0.25) is 0 Å². The van der Waals surface area contributed by atoms with E-state index in [0.29, 0.717) is 12.1 Å². The lowest BCUT2D eigenvalue weighted by Crippen LogP contribution is -2.42. The molecule has 2 unspecified atom stereocenters. The first kappa shape index (κ1) is 18.5. The molecule has 1 saturated heterocycles. The third-order valence-electron chi connectivity index (χ3n) is 4.69. The molecule has 1 saturated carbocycles. The highest BCUT2D eigenvalue weighted by Crippen LogP contribution is 2.39. The number of carbonyl (C=O) groups excluding carboxylic acids is 1. The Morgan fingerprint density at radius 1 is 1.35 bits per heavy atom. The van der Waals surface area contributed by atoms with Crippen LogP contribution in [-0.2, 0) is 4.79 Å². The molecule has 3 rings (SSSR count). The summed E-state index contributed by atoms with van der Waals surface area (Å²) in [4.78, 5) is 14.9. The first-order valence-electron chi connectivity index (χ1n) is 7.97. The molecule has 2 nitrogen and oxygen atoms in total. The minimum absolute atomic E-state index is 0. The average Bonchev–Trinajstić information content (AvgIpc) is 3.35. The predicted octanol–water partition coefficient (Wildman–Crippen LogP) is 4.22. The van der Waals surface area contributed by atoms with Crippen LogP contribution in [0.4, 0.5) is 4.39 Å². The fourth-order valence-corrected chi connectivity index (χ4v) is 3.56. The van der Waals surface area contributed by atoms with E-state index in [9.17, 15) is 9.18 Å². The molecule has 2 fully saturated rings. The highest BCUT2D eigenvalue weighted by atomic mass is 35.5. The first-order valence-corrected chi connectivity index (χ1v) is 8.48. The smallest absolute Gasteiger partial charge is 0.157 e. The Kier molecular flexibility index (Phi) is 6.29. The second-order valence-electron chi connectivity index (χ2n) is 6.24. The zero-order chi connectivity index (χ0) is 15.7. The topological polar surface area (TPSA) is 20.3 Å². The molecular formula is C18H23ClFNOS. The highest BCUT2D eigenvalue weighted by Gasteiger charge is 2.40. The summed E-state index contributed by atoms with van der Waals surface area (Å²) >= 11 is 4.60. The number of Topliss-reactive ketones (excluding diaryl/α,β-unsaturated/α-hetero) is 1. The number of allylic oxidation sites excluding steroid dienone is 1. The summed E-state index contributed by atoms with van der Waals surface area (Å²) in [7, 11) is 0. The molecule has 2 aliphatic rings. The number of likely N-dealkylation sites (tertiary alicyclic amines) is 1. The van der Waals surface area contributed by atoms with E-state index in [0.717, 1.165) is 25.8 Å². The van der Waals surface area contributed by atoms with Crippen LogP contribution in [0.1, 0.15) is 37.8 Å². The van der Waals surface area contributed by atoms with Crippen molar-refractivity contribution in [2.75, 3.05) is 13.1 Å². The minimum atomic E-state index is -0.454. The Hall–Kier alpha value is -0.840. The van der Waals surface area contributed by atoms with E-state index in [1.165, 1.54) is 11.6 Å². The summed E-state index contributed by atoms with van der Waals surface area (Å²) in [6, 6.07) is 6.24. The summed E-state index contributed by atoms with van der Waals surface area (Å²) < 4.78 is 14.3. The van der Waals surface area contributed by atoms with Crippen LogP contribution in [-0.4, -0.2) is 29.0 Å². The molecule has 1 aromatic carbocycles. The third-order valence-corrected chi connectivity index (χ3v) is 5.28. The maximum Gasteiger partial charge on any atom is 0.157 e. The number of rotatable bonds is 4. The van der Waals surface area contributed by atoms with Gasteiger partial charge in [0.05, 0.1) is 6.04 Å². The number of benzene rings is 1. The van der Waals surface area contributed by atoms with Gasteiger partial charge in [-0.2, -0.15) is 12.6 Å². The van der Waals surface area contributed by atoms with Gasteiger partial charge in [0.25, 0.3) is 0 Å². The molecule has 0 aromatic heterocycles. The van der Waals surface area contributed by atoms with E-state index in [-0.39, 0.29) is 35.2 Å². The van der Waals surface area contributed by atoms with Crippen LogP contribution in [0.15, 0.2) is 35.9 Å². The lowest BCUT2D eigenvalue weighted by Gasteiger charge is -2.37.